The molecule has 0 aliphatic heterocycles. The number of hydrogen-bond donors (Lipinski definition) is 1. The number of nitrogens with zero attached hydrogens (tertiary/aromatic N) is 2. The summed E-state index contributed by atoms with van der Waals surface area (Å²) in [6.45, 7) is 2.93. The number of anilines is 1. The Kier molecular flexibility index (Phi) is 4.76. The topological polar surface area (TPSA) is 56.2 Å². The van der Waals surface area contributed by atoms with E-state index in [1.807, 2.05) is 10.7 Å². The number of aromatic nitrogens is 2. The Morgan fingerprint density at radius 3 is 3.00 bits per heavy atom. The van der Waals surface area contributed by atoms with Crippen LogP contribution in [0.1, 0.15) is 30.1 Å². The zero-order valence-corrected chi connectivity index (χ0v) is 11.8. The molecule has 0 fully saturated rings. The molecule has 0 radical (unpaired) electrons. The van der Waals surface area contributed by atoms with Crippen LogP contribution in [-0.4, -0.2) is 22.8 Å². The minimum absolute atomic E-state index is 0.165. The zero-order valence-electron chi connectivity index (χ0n) is 11.8. The van der Waals surface area contributed by atoms with Gasteiger partial charge in [-0.3, -0.25) is 4.79 Å². The van der Waals surface area contributed by atoms with Gasteiger partial charge < -0.3 is 10.1 Å². The van der Waals surface area contributed by atoms with Crippen molar-refractivity contribution in [3.63, 3.8) is 0 Å². The lowest BCUT2D eigenvalue weighted by Gasteiger charge is -2.09. The Morgan fingerprint density at radius 1 is 1.40 bits per heavy atom. The van der Waals surface area contributed by atoms with Crippen molar-refractivity contribution in [1.82, 2.24) is 9.78 Å². The van der Waals surface area contributed by atoms with Gasteiger partial charge in [0.2, 0.25) is 0 Å². The monoisotopic (exact) mass is 273 g/mol. The SMILES string of the molecule is CCCCn1nccc1NC(=O)c1cccc(OC)c1. The number of benzene rings is 1. The number of methoxy groups -OCH3 is 1. The van der Waals surface area contributed by atoms with E-state index in [4.69, 9.17) is 4.74 Å². The summed E-state index contributed by atoms with van der Waals surface area (Å²) in [5, 5.41) is 7.08. The third-order valence-corrected chi connectivity index (χ3v) is 3.01. The predicted molar refractivity (Wildman–Crippen MR) is 78.1 cm³/mol. The number of hydrogen-bond acceptors (Lipinski definition) is 3. The third-order valence-electron chi connectivity index (χ3n) is 3.01. The van der Waals surface area contributed by atoms with E-state index in [2.05, 4.69) is 17.3 Å². The highest BCUT2D eigenvalue weighted by molar-refractivity contribution is 6.04. The van der Waals surface area contributed by atoms with Crippen molar-refractivity contribution in [2.24, 2.45) is 0 Å². The molecule has 5 nitrogen and oxygen atoms in total. The van der Waals surface area contributed by atoms with Crippen molar-refractivity contribution in [3.8, 4) is 5.75 Å². The summed E-state index contributed by atoms with van der Waals surface area (Å²) in [7, 11) is 1.58. The predicted octanol–water partition coefficient (Wildman–Crippen LogP) is 2.94. The van der Waals surface area contributed by atoms with Crippen molar-refractivity contribution in [2.75, 3.05) is 12.4 Å². The van der Waals surface area contributed by atoms with Crippen LogP contribution in [0.4, 0.5) is 5.82 Å². The Bertz CT molecular complexity index is 578. The molecular formula is C15H19N3O2. The van der Waals surface area contributed by atoms with E-state index in [0.717, 1.165) is 19.4 Å². The van der Waals surface area contributed by atoms with Gasteiger partial charge in [0.25, 0.3) is 5.91 Å². The quantitative estimate of drug-likeness (QED) is 0.880. The lowest BCUT2D eigenvalue weighted by Crippen LogP contribution is -2.16. The van der Waals surface area contributed by atoms with Crippen LogP contribution in [0.5, 0.6) is 5.75 Å². The number of ether oxygens (including phenoxy) is 1. The number of carbonyl (C=O) groups excluding carboxylic acids is 1. The van der Waals surface area contributed by atoms with Crippen LogP contribution in [0.2, 0.25) is 0 Å². The van der Waals surface area contributed by atoms with Crippen LogP contribution in [0.15, 0.2) is 36.5 Å². The van der Waals surface area contributed by atoms with Gasteiger partial charge in [-0.25, -0.2) is 4.68 Å². The fraction of sp³-hybridized carbons (Fsp3) is 0.333. The number of carbonyl (C=O) groups is 1. The second kappa shape index (κ2) is 6.75. The van der Waals surface area contributed by atoms with Crippen molar-refractivity contribution in [1.29, 1.82) is 0 Å². The molecule has 2 aromatic rings. The fourth-order valence-electron chi connectivity index (χ4n) is 1.88. The molecule has 1 N–H and O–H groups in total. The summed E-state index contributed by atoms with van der Waals surface area (Å²) in [5.74, 6) is 1.21. The normalized spacial score (nSPS) is 10.3. The summed E-state index contributed by atoms with van der Waals surface area (Å²) < 4.78 is 6.93. The van der Waals surface area contributed by atoms with E-state index in [1.54, 1.807) is 37.6 Å². The first-order chi connectivity index (χ1) is 9.74. The largest absolute Gasteiger partial charge is 0.497 e. The van der Waals surface area contributed by atoms with Gasteiger partial charge in [-0.05, 0) is 24.6 Å². The van der Waals surface area contributed by atoms with Crippen molar-refractivity contribution in [3.05, 3.63) is 42.1 Å². The molecule has 0 spiro atoms. The highest BCUT2D eigenvalue weighted by Gasteiger charge is 2.10. The van der Waals surface area contributed by atoms with Gasteiger partial charge in [-0.2, -0.15) is 5.10 Å². The van der Waals surface area contributed by atoms with Crippen LogP contribution in [-0.2, 0) is 6.54 Å². The highest BCUT2D eigenvalue weighted by Crippen LogP contribution is 2.15. The van der Waals surface area contributed by atoms with Gasteiger partial charge in [0.05, 0.1) is 13.3 Å². The number of unbranched alkanes of at least 4 members (excludes halogenated alkanes) is 1. The molecule has 0 saturated heterocycles. The summed E-state index contributed by atoms with van der Waals surface area (Å²) in [5.41, 5.74) is 0.563. The minimum atomic E-state index is -0.165. The average molecular weight is 273 g/mol. The summed E-state index contributed by atoms with van der Waals surface area (Å²) >= 11 is 0. The zero-order chi connectivity index (χ0) is 14.4. The van der Waals surface area contributed by atoms with Crippen LogP contribution < -0.4 is 10.1 Å². The van der Waals surface area contributed by atoms with Crippen LogP contribution in [0, 0.1) is 0 Å². The molecule has 0 bridgehead atoms. The number of rotatable bonds is 6. The molecular weight excluding hydrogens is 254 g/mol. The number of nitrogens with one attached hydrogen (secondary N) is 1. The molecule has 20 heavy (non-hydrogen) atoms. The van der Waals surface area contributed by atoms with Crippen LogP contribution >= 0.6 is 0 Å². The van der Waals surface area contributed by atoms with Gasteiger partial charge in [0.15, 0.2) is 0 Å². The Balaban J connectivity index is 2.09. The number of aryl methyl sites for hydroxylation is 1. The maximum absolute atomic E-state index is 12.2. The molecule has 0 atom stereocenters. The first-order valence-corrected chi connectivity index (χ1v) is 6.72. The third kappa shape index (κ3) is 3.38. The molecule has 1 heterocycles. The molecule has 0 aliphatic carbocycles. The summed E-state index contributed by atoms with van der Waals surface area (Å²) in [6, 6.07) is 8.87. The Hall–Kier alpha value is -2.30. The van der Waals surface area contributed by atoms with E-state index >= 15 is 0 Å². The van der Waals surface area contributed by atoms with Crippen molar-refractivity contribution in [2.45, 2.75) is 26.3 Å². The summed E-state index contributed by atoms with van der Waals surface area (Å²) in [6.07, 6.45) is 3.81. The maximum atomic E-state index is 12.2. The minimum Gasteiger partial charge on any atom is -0.497 e. The van der Waals surface area contributed by atoms with Gasteiger partial charge >= 0.3 is 0 Å². The molecule has 5 heteroatoms. The second-order valence-corrected chi connectivity index (χ2v) is 4.48. The van der Waals surface area contributed by atoms with Crippen LogP contribution in [0.3, 0.4) is 0 Å². The molecule has 106 valence electrons. The Morgan fingerprint density at radius 2 is 2.25 bits per heavy atom. The fourth-order valence-corrected chi connectivity index (χ4v) is 1.88. The lowest BCUT2D eigenvalue weighted by molar-refractivity contribution is 0.102. The molecule has 2 rings (SSSR count). The lowest BCUT2D eigenvalue weighted by atomic mass is 10.2. The molecule has 0 unspecified atom stereocenters. The van der Waals surface area contributed by atoms with Gasteiger partial charge in [-0.15, -0.1) is 0 Å². The average Bonchev–Trinajstić information content (AvgIpc) is 2.92. The standard InChI is InChI=1S/C15H19N3O2/c1-3-4-10-18-14(8-9-16-18)17-15(19)12-6-5-7-13(11-12)20-2/h5-9,11H,3-4,10H2,1-2H3,(H,17,19). The summed E-state index contributed by atoms with van der Waals surface area (Å²) in [4.78, 5) is 12.2. The van der Waals surface area contributed by atoms with Crippen molar-refractivity contribution < 1.29 is 9.53 Å². The van der Waals surface area contributed by atoms with E-state index in [0.29, 0.717) is 17.1 Å². The van der Waals surface area contributed by atoms with E-state index in [9.17, 15) is 4.79 Å². The van der Waals surface area contributed by atoms with Gasteiger partial charge in [-0.1, -0.05) is 19.4 Å². The van der Waals surface area contributed by atoms with E-state index in [1.165, 1.54) is 0 Å². The highest BCUT2D eigenvalue weighted by atomic mass is 16.5. The molecule has 0 aliphatic rings. The van der Waals surface area contributed by atoms with Gasteiger partial charge in [0, 0.05) is 18.2 Å². The first kappa shape index (κ1) is 14.1. The van der Waals surface area contributed by atoms with E-state index < -0.39 is 0 Å². The smallest absolute Gasteiger partial charge is 0.256 e. The Labute approximate surface area is 118 Å². The maximum Gasteiger partial charge on any atom is 0.256 e. The molecule has 1 aromatic heterocycles. The van der Waals surface area contributed by atoms with E-state index in [-0.39, 0.29) is 5.91 Å². The molecule has 1 amide bonds. The van der Waals surface area contributed by atoms with Crippen molar-refractivity contribution >= 4 is 11.7 Å². The van der Waals surface area contributed by atoms with Crippen LogP contribution in [0.25, 0.3) is 0 Å². The first-order valence-electron chi connectivity index (χ1n) is 6.72. The number of amides is 1. The molecule has 0 saturated carbocycles. The second-order valence-electron chi connectivity index (χ2n) is 4.48. The molecule has 1 aromatic carbocycles. The van der Waals surface area contributed by atoms with Gasteiger partial charge in [0.1, 0.15) is 11.6 Å².